The molecule has 1 aromatic rings. The molecule has 2 N–H and O–H groups in total. The first-order valence-corrected chi connectivity index (χ1v) is 4.88. The molecule has 0 atom stereocenters. The predicted molar refractivity (Wildman–Crippen MR) is 57.3 cm³/mol. The molecule has 4 nitrogen and oxygen atoms in total. The highest BCUT2D eigenvalue weighted by atomic mass is 19.1. The Morgan fingerprint density at radius 1 is 1.35 bits per heavy atom. The molecule has 17 heavy (non-hydrogen) atoms. The summed E-state index contributed by atoms with van der Waals surface area (Å²) in [5.74, 6) is -3.17. The number of hydrogen-bond acceptors (Lipinski definition) is 4. The molecule has 0 unspecified atom stereocenters. The van der Waals surface area contributed by atoms with Gasteiger partial charge in [0.15, 0.2) is 23.7 Å². The fourth-order valence-electron chi connectivity index (χ4n) is 1.27. The van der Waals surface area contributed by atoms with E-state index in [1.165, 1.54) is 0 Å². The van der Waals surface area contributed by atoms with Gasteiger partial charge in [-0.05, 0) is 19.9 Å². The molecule has 0 aliphatic carbocycles. The van der Waals surface area contributed by atoms with Crippen molar-refractivity contribution in [3.63, 3.8) is 0 Å². The first-order chi connectivity index (χ1) is 7.88. The van der Waals surface area contributed by atoms with Gasteiger partial charge in [0.1, 0.15) is 0 Å². The molecule has 0 fully saturated rings. The van der Waals surface area contributed by atoms with Crippen LogP contribution in [-0.4, -0.2) is 29.6 Å². The molecule has 7 heteroatoms. The molecule has 0 saturated heterocycles. The minimum atomic E-state index is -2.15. The Kier molecular flexibility index (Phi) is 4.19. The van der Waals surface area contributed by atoms with E-state index in [9.17, 15) is 13.6 Å². The van der Waals surface area contributed by atoms with Gasteiger partial charge in [0.2, 0.25) is 0 Å². The maximum Gasteiger partial charge on any atom is 0.491 e. The molecule has 0 saturated carbocycles. The Morgan fingerprint density at radius 3 is 2.35 bits per heavy atom. The molecule has 1 aromatic carbocycles. The van der Waals surface area contributed by atoms with Crippen molar-refractivity contribution in [2.45, 2.75) is 20.0 Å². The van der Waals surface area contributed by atoms with Crippen LogP contribution >= 0.6 is 0 Å². The van der Waals surface area contributed by atoms with Crippen LogP contribution in [0.1, 0.15) is 24.2 Å². The van der Waals surface area contributed by atoms with Crippen LogP contribution in [0.2, 0.25) is 0 Å². The van der Waals surface area contributed by atoms with Gasteiger partial charge in [-0.25, -0.2) is 8.78 Å². The van der Waals surface area contributed by atoms with Crippen LogP contribution < -0.4 is 10.2 Å². The second-order valence-electron chi connectivity index (χ2n) is 3.67. The van der Waals surface area contributed by atoms with Gasteiger partial charge in [-0.15, -0.1) is 0 Å². The fourth-order valence-corrected chi connectivity index (χ4v) is 1.27. The van der Waals surface area contributed by atoms with E-state index in [2.05, 4.69) is 0 Å². The van der Waals surface area contributed by atoms with E-state index in [-0.39, 0.29) is 6.29 Å². The molecule has 0 spiro atoms. The van der Waals surface area contributed by atoms with Crippen LogP contribution in [0, 0.1) is 11.6 Å². The average Bonchev–Trinajstić information content (AvgIpc) is 2.23. The number of rotatable bonds is 4. The number of aldehydes is 1. The lowest BCUT2D eigenvalue weighted by atomic mass is 9.79. The lowest BCUT2D eigenvalue weighted by Gasteiger charge is -2.14. The molecule has 0 heterocycles. The Bertz CT molecular complexity index is 435. The summed E-state index contributed by atoms with van der Waals surface area (Å²) >= 11 is 0. The van der Waals surface area contributed by atoms with Crippen molar-refractivity contribution in [3.05, 3.63) is 23.3 Å². The van der Waals surface area contributed by atoms with Crippen molar-refractivity contribution >= 4 is 18.9 Å². The van der Waals surface area contributed by atoms with Crippen LogP contribution in [-0.2, 0) is 0 Å². The topological polar surface area (TPSA) is 66.8 Å². The number of hydrogen-bond donors (Lipinski definition) is 2. The Hall–Kier alpha value is -1.47. The molecule has 0 aliphatic heterocycles. The standard InChI is InChI=1S/C10H11BF2O4/c1-5(2)17-10-8(12)6(4-14)3-7(9(10)13)11(15)16/h3-5,15-16H,1-2H3. The second-order valence-corrected chi connectivity index (χ2v) is 3.67. The summed E-state index contributed by atoms with van der Waals surface area (Å²) in [5.41, 5.74) is -1.10. The van der Waals surface area contributed by atoms with Crippen molar-refractivity contribution in [1.29, 1.82) is 0 Å². The van der Waals surface area contributed by atoms with E-state index in [4.69, 9.17) is 14.8 Å². The average molecular weight is 244 g/mol. The lowest BCUT2D eigenvalue weighted by Crippen LogP contribution is -2.34. The van der Waals surface area contributed by atoms with E-state index in [0.29, 0.717) is 0 Å². The summed E-state index contributed by atoms with van der Waals surface area (Å²) < 4.78 is 32.1. The highest BCUT2D eigenvalue weighted by Gasteiger charge is 2.26. The first kappa shape index (κ1) is 13.6. The van der Waals surface area contributed by atoms with Gasteiger partial charge >= 0.3 is 7.12 Å². The van der Waals surface area contributed by atoms with Crippen LogP contribution in [0.4, 0.5) is 8.78 Å². The summed E-state index contributed by atoms with van der Waals surface area (Å²) in [6, 6.07) is 0.732. The third kappa shape index (κ3) is 2.80. The van der Waals surface area contributed by atoms with Gasteiger partial charge in [-0.1, -0.05) is 0 Å². The zero-order chi connectivity index (χ0) is 13.2. The Labute approximate surface area is 97.0 Å². The third-order valence-corrected chi connectivity index (χ3v) is 1.98. The van der Waals surface area contributed by atoms with Gasteiger partial charge in [-0.2, -0.15) is 0 Å². The highest BCUT2D eigenvalue weighted by Crippen LogP contribution is 2.24. The van der Waals surface area contributed by atoms with Gasteiger partial charge in [0, 0.05) is 5.46 Å². The van der Waals surface area contributed by atoms with E-state index < -0.39 is 41.6 Å². The van der Waals surface area contributed by atoms with Gasteiger partial charge in [-0.3, -0.25) is 4.79 Å². The number of carbonyl (C=O) groups is 1. The normalized spacial score (nSPS) is 10.5. The predicted octanol–water partition coefficient (Wildman–Crippen LogP) is 0.244. The zero-order valence-electron chi connectivity index (χ0n) is 9.28. The SMILES string of the molecule is CC(C)Oc1c(F)c(C=O)cc(B(O)O)c1F. The largest absolute Gasteiger partial charge is 0.491 e. The van der Waals surface area contributed by atoms with Gasteiger partial charge in [0.25, 0.3) is 0 Å². The molecular weight excluding hydrogens is 233 g/mol. The Balaban J connectivity index is 3.43. The van der Waals surface area contributed by atoms with Crippen molar-refractivity contribution in [2.24, 2.45) is 0 Å². The summed E-state index contributed by atoms with van der Waals surface area (Å²) in [5, 5.41) is 17.8. The maximum atomic E-state index is 13.7. The van der Waals surface area contributed by atoms with E-state index in [1.807, 2.05) is 0 Å². The minimum Gasteiger partial charge on any atom is -0.485 e. The van der Waals surface area contributed by atoms with Crippen LogP contribution in [0.25, 0.3) is 0 Å². The summed E-state index contributed by atoms with van der Waals surface area (Å²) in [6.07, 6.45) is -0.377. The molecule has 92 valence electrons. The lowest BCUT2D eigenvalue weighted by molar-refractivity contribution is 0.111. The molecule has 0 bridgehead atoms. The number of halogens is 2. The zero-order valence-corrected chi connectivity index (χ0v) is 9.28. The van der Waals surface area contributed by atoms with Crippen LogP contribution in [0.5, 0.6) is 5.75 Å². The van der Waals surface area contributed by atoms with Gasteiger partial charge < -0.3 is 14.8 Å². The first-order valence-electron chi connectivity index (χ1n) is 4.88. The molecule has 0 amide bonds. The number of ether oxygens (including phenoxy) is 1. The van der Waals surface area contributed by atoms with E-state index >= 15 is 0 Å². The fraction of sp³-hybridized carbons (Fsp3) is 0.300. The summed E-state index contributed by atoms with van der Waals surface area (Å²) in [7, 11) is -2.15. The van der Waals surface area contributed by atoms with Crippen molar-refractivity contribution in [3.8, 4) is 5.75 Å². The third-order valence-electron chi connectivity index (χ3n) is 1.98. The second kappa shape index (κ2) is 5.24. The minimum absolute atomic E-state index is 0.147. The van der Waals surface area contributed by atoms with Gasteiger partial charge in [0.05, 0.1) is 11.7 Å². The van der Waals surface area contributed by atoms with Crippen molar-refractivity contribution in [2.75, 3.05) is 0 Å². The maximum absolute atomic E-state index is 13.7. The summed E-state index contributed by atoms with van der Waals surface area (Å²) in [6.45, 7) is 3.09. The number of benzene rings is 1. The van der Waals surface area contributed by atoms with E-state index in [1.54, 1.807) is 13.8 Å². The monoisotopic (exact) mass is 244 g/mol. The van der Waals surface area contributed by atoms with Crippen LogP contribution in [0.15, 0.2) is 6.07 Å². The quantitative estimate of drug-likeness (QED) is 0.588. The van der Waals surface area contributed by atoms with Crippen LogP contribution in [0.3, 0.4) is 0 Å². The van der Waals surface area contributed by atoms with E-state index in [0.717, 1.165) is 6.07 Å². The number of carbonyl (C=O) groups excluding carboxylic acids is 1. The highest BCUT2D eigenvalue weighted by molar-refractivity contribution is 6.58. The molecule has 1 rings (SSSR count). The Morgan fingerprint density at radius 2 is 1.94 bits per heavy atom. The van der Waals surface area contributed by atoms with Crippen molar-refractivity contribution < 1.29 is 28.4 Å². The molecular formula is C10H11BF2O4. The molecule has 0 aliphatic rings. The molecule has 0 radical (unpaired) electrons. The molecule has 0 aromatic heterocycles. The summed E-state index contributed by atoms with van der Waals surface area (Å²) in [4.78, 5) is 10.6. The van der Waals surface area contributed by atoms with Crippen molar-refractivity contribution in [1.82, 2.24) is 0 Å². The smallest absolute Gasteiger partial charge is 0.485 e.